The monoisotopic (exact) mass is 388 g/mol. The molecule has 0 saturated carbocycles. The molecule has 6 heteroatoms. The van der Waals surface area contributed by atoms with Crippen molar-refractivity contribution in [1.29, 1.82) is 0 Å². The predicted octanol–water partition coefficient (Wildman–Crippen LogP) is 3.25. The highest BCUT2D eigenvalue weighted by Gasteiger charge is 2.20. The summed E-state index contributed by atoms with van der Waals surface area (Å²) in [4.78, 5) is 26.3. The molecule has 1 amide bonds. The first-order valence-corrected chi connectivity index (χ1v) is 9.77. The molecule has 0 spiro atoms. The van der Waals surface area contributed by atoms with Crippen molar-refractivity contribution in [2.45, 2.75) is 6.54 Å². The lowest BCUT2D eigenvalue weighted by atomic mass is 10.2. The van der Waals surface area contributed by atoms with Crippen LogP contribution in [0.15, 0.2) is 66.7 Å². The molecule has 29 heavy (non-hydrogen) atoms. The molecule has 1 fully saturated rings. The van der Waals surface area contributed by atoms with Gasteiger partial charge in [-0.2, -0.15) is 0 Å². The Kier molecular flexibility index (Phi) is 5.81. The third kappa shape index (κ3) is 4.60. The Hall–Kier alpha value is -3.25. The molecule has 4 rings (SSSR count). The summed E-state index contributed by atoms with van der Waals surface area (Å²) >= 11 is 0. The number of carbonyl (C=O) groups excluding carboxylic acids is 1. The number of benzene rings is 2. The van der Waals surface area contributed by atoms with E-state index in [0.29, 0.717) is 31.3 Å². The second-order valence-electron chi connectivity index (χ2n) is 7.05. The maximum atomic E-state index is 13.2. The second kappa shape index (κ2) is 8.84. The van der Waals surface area contributed by atoms with Crippen LogP contribution < -0.4 is 4.90 Å². The number of hydrogen-bond donors (Lipinski definition) is 0. The van der Waals surface area contributed by atoms with Crippen molar-refractivity contribution in [2.75, 3.05) is 38.3 Å². The summed E-state index contributed by atoms with van der Waals surface area (Å²) in [6.45, 7) is 3.33. The number of amides is 1. The quantitative estimate of drug-likeness (QED) is 0.672. The first-order valence-electron chi connectivity index (χ1n) is 9.77. The van der Waals surface area contributed by atoms with Crippen molar-refractivity contribution in [3.8, 4) is 11.4 Å². The number of ether oxygens (including phenoxy) is 1. The molecule has 3 aromatic rings. The minimum atomic E-state index is -0.122. The Morgan fingerprint density at radius 2 is 1.66 bits per heavy atom. The van der Waals surface area contributed by atoms with Crippen LogP contribution in [-0.2, 0) is 11.3 Å². The summed E-state index contributed by atoms with van der Waals surface area (Å²) in [5.74, 6) is 1.20. The van der Waals surface area contributed by atoms with Gasteiger partial charge >= 0.3 is 0 Å². The number of anilines is 1. The fourth-order valence-electron chi connectivity index (χ4n) is 3.34. The van der Waals surface area contributed by atoms with Crippen LogP contribution in [0, 0.1) is 0 Å². The lowest BCUT2D eigenvalue weighted by molar-refractivity contribution is 0.0779. The van der Waals surface area contributed by atoms with Crippen molar-refractivity contribution in [2.24, 2.45) is 0 Å². The van der Waals surface area contributed by atoms with Gasteiger partial charge < -0.3 is 14.5 Å². The van der Waals surface area contributed by atoms with Crippen molar-refractivity contribution in [3.05, 3.63) is 78.0 Å². The number of aromatic nitrogens is 2. The number of hydrogen-bond acceptors (Lipinski definition) is 5. The minimum Gasteiger partial charge on any atom is -0.378 e. The van der Waals surface area contributed by atoms with Gasteiger partial charge in [-0.1, -0.05) is 60.7 Å². The van der Waals surface area contributed by atoms with Crippen LogP contribution in [0.1, 0.15) is 16.1 Å². The first kappa shape index (κ1) is 19.1. The molecule has 148 valence electrons. The van der Waals surface area contributed by atoms with Gasteiger partial charge in [0, 0.05) is 38.3 Å². The predicted molar refractivity (Wildman–Crippen MR) is 113 cm³/mol. The van der Waals surface area contributed by atoms with Gasteiger partial charge in [-0.25, -0.2) is 9.97 Å². The molecule has 1 aliphatic heterocycles. The van der Waals surface area contributed by atoms with E-state index in [1.807, 2.05) is 60.7 Å². The van der Waals surface area contributed by atoms with E-state index in [-0.39, 0.29) is 5.91 Å². The number of carbonyl (C=O) groups is 1. The van der Waals surface area contributed by atoms with E-state index in [1.165, 1.54) is 0 Å². The third-order valence-electron chi connectivity index (χ3n) is 4.91. The molecule has 0 aliphatic carbocycles. The van der Waals surface area contributed by atoms with Gasteiger partial charge in [-0.15, -0.1) is 0 Å². The maximum absolute atomic E-state index is 13.2. The molecule has 1 saturated heterocycles. The van der Waals surface area contributed by atoms with Crippen molar-refractivity contribution in [3.63, 3.8) is 0 Å². The van der Waals surface area contributed by atoms with Gasteiger partial charge in [-0.05, 0) is 5.56 Å². The van der Waals surface area contributed by atoms with E-state index in [4.69, 9.17) is 9.72 Å². The molecule has 6 nitrogen and oxygen atoms in total. The van der Waals surface area contributed by atoms with Gasteiger partial charge in [0.25, 0.3) is 5.91 Å². The van der Waals surface area contributed by atoms with Crippen LogP contribution in [0.4, 0.5) is 5.82 Å². The molecule has 2 heterocycles. The zero-order valence-corrected chi connectivity index (χ0v) is 16.5. The molecule has 1 aliphatic rings. The van der Waals surface area contributed by atoms with Crippen molar-refractivity contribution >= 4 is 11.7 Å². The van der Waals surface area contributed by atoms with Crippen molar-refractivity contribution < 1.29 is 9.53 Å². The zero-order valence-electron chi connectivity index (χ0n) is 16.5. The van der Waals surface area contributed by atoms with Crippen LogP contribution in [0.2, 0.25) is 0 Å². The third-order valence-corrected chi connectivity index (χ3v) is 4.91. The fraction of sp³-hybridized carbons (Fsp3) is 0.261. The van der Waals surface area contributed by atoms with Gasteiger partial charge in [-0.3, -0.25) is 4.79 Å². The average molecular weight is 388 g/mol. The standard InChI is InChI=1S/C23H24N4O2/c1-26(17-18-8-4-2-5-9-18)23(28)20-16-21(27-12-14-29-15-13-27)25-22(24-20)19-10-6-3-7-11-19/h2-11,16H,12-15,17H2,1H3. The average Bonchev–Trinajstić information content (AvgIpc) is 2.80. The summed E-state index contributed by atoms with van der Waals surface area (Å²) in [6, 6.07) is 21.5. The van der Waals surface area contributed by atoms with E-state index in [9.17, 15) is 4.79 Å². The Bertz CT molecular complexity index is 957. The topological polar surface area (TPSA) is 58.6 Å². The summed E-state index contributed by atoms with van der Waals surface area (Å²) in [7, 11) is 1.80. The minimum absolute atomic E-state index is 0.122. The highest BCUT2D eigenvalue weighted by Crippen LogP contribution is 2.22. The fourth-order valence-corrected chi connectivity index (χ4v) is 3.34. The molecular formula is C23H24N4O2. The van der Waals surface area contributed by atoms with Gasteiger partial charge in [0.1, 0.15) is 11.5 Å². The lowest BCUT2D eigenvalue weighted by Gasteiger charge is -2.28. The molecule has 1 aromatic heterocycles. The largest absolute Gasteiger partial charge is 0.378 e. The summed E-state index contributed by atoms with van der Waals surface area (Å²) in [6.07, 6.45) is 0. The summed E-state index contributed by atoms with van der Waals surface area (Å²) in [5, 5.41) is 0. The van der Waals surface area contributed by atoms with E-state index < -0.39 is 0 Å². The van der Waals surface area contributed by atoms with Gasteiger partial charge in [0.15, 0.2) is 5.82 Å². The molecule has 2 aromatic carbocycles. The summed E-state index contributed by atoms with van der Waals surface area (Å²) < 4.78 is 5.46. The SMILES string of the molecule is CN(Cc1ccccc1)C(=O)c1cc(N2CCOCC2)nc(-c2ccccc2)n1. The van der Waals surface area contributed by atoms with Crippen LogP contribution >= 0.6 is 0 Å². The molecule has 0 unspecified atom stereocenters. The lowest BCUT2D eigenvalue weighted by Crippen LogP contribution is -2.37. The summed E-state index contributed by atoms with van der Waals surface area (Å²) in [5.41, 5.74) is 2.37. The van der Waals surface area contributed by atoms with Gasteiger partial charge in [0.2, 0.25) is 0 Å². The number of rotatable bonds is 5. The molecule has 0 atom stereocenters. The Balaban J connectivity index is 1.66. The smallest absolute Gasteiger partial charge is 0.272 e. The maximum Gasteiger partial charge on any atom is 0.272 e. The zero-order chi connectivity index (χ0) is 20.1. The second-order valence-corrected chi connectivity index (χ2v) is 7.05. The molecule has 0 N–H and O–H groups in total. The Labute approximate surface area is 170 Å². The van der Waals surface area contributed by atoms with Gasteiger partial charge in [0.05, 0.1) is 13.2 Å². The van der Waals surface area contributed by atoms with Crippen LogP contribution in [0.25, 0.3) is 11.4 Å². The number of morpholine rings is 1. The van der Waals surface area contributed by atoms with Crippen LogP contribution in [-0.4, -0.2) is 54.1 Å². The van der Waals surface area contributed by atoms with E-state index in [0.717, 1.165) is 30.0 Å². The Morgan fingerprint density at radius 3 is 2.34 bits per heavy atom. The van der Waals surface area contributed by atoms with Crippen molar-refractivity contribution in [1.82, 2.24) is 14.9 Å². The van der Waals surface area contributed by atoms with Crippen LogP contribution in [0.5, 0.6) is 0 Å². The van der Waals surface area contributed by atoms with Crippen LogP contribution in [0.3, 0.4) is 0 Å². The van der Waals surface area contributed by atoms with E-state index in [2.05, 4.69) is 9.88 Å². The molecule has 0 radical (unpaired) electrons. The molecular weight excluding hydrogens is 364 g/mol. The number of nitrogens with zero attached hydrogens (tertiary/aromatic N) is 4. The highest BCUT2D eigenvalue weighted by molar-refractivity contribution is 5.93. The highest BCUT2D eigenvalue weighted by atomic mass is 16.5. The van der Waals surface area contributed by atoms with E-state index >= 15 is 0 Å². The normalized spacial score (nSPS) is 13.9. The Morgan fingerprint density at radius 1 is 1.00 bits per heavy atom. The first-order chi connectivity index (χ1) is 14.2. The molecule has 0 bridgehead atoms. The van der Waals surface area contributed by atoms with E-state index in [1.54, 1.807) is 18.0 Å².